The van der Waals surface area contributed by atoms with E-state index < -0.39 is 12.1 Å². The molecular weight excluding hydrogens is 202 g/mol. The molecule has 0 aliphatic heterocycles. The fourth-order valence-electron chi connectivity index (χ4n) is 0.716. The van der Waals surface area contributed by atoms with E-state index >= 15 is 0 Å². The van der Waals surface area contributed by atoms with E-state index in [4.69, 9.17) is 10.5 Å². The molecular formula is C9H13NO5. The van der Waals surface area contributed by atoms with Crippen LogP contribution >= 0.6 is 0 Å². The zero-order valence-corrected chi connectivity index (χ0v) is 8.18. The van der Waals surface area contributed by atoms with Crippen molar-refractivity contribution < 1.29 is 23.9 Å². The molecule has 0 spiro atoms. The van der Waals surface area contributed by atoms with Crippen LogP contribution in [0.2, 0.25) is 0 Å². The van der Waals surface area contributed by atoms with Crippen LogP contribution in [0.4, 0.5) is 4.79 Å². The standard InChI is InChI=1S/C9H13NO5/c10-9(13)15-7-2-1-6-14-8(12)4-3-5-11/h3-5H,1-2,6-7H2,(H2,10,13)/b4-3-. The minimum absolute atomic E-state index is 0.205. The second kappa shape index (κ2) is 8.74. The number of amides is 1. The first-order chi connectivity index (χ1) is 7.16. The van der Waals surface area contributed by atoms with Gasteiger partial charge in [0.2, 0.25) is 0 Å². The third-order valence-corrected chi connectivity index (χ3v) is 1.34. The highest BCUT2D eigenvalue weighted by molar-refractivity contribution is 5.86. The average Bonchev–Trinajstić information content (AvgIpc) is 2.19. The molecule has 0 aliphatic carbocycles. The van der Waals surface area contributed by atoms with Gasteiger partial charge in [0, 0.05) is 6.08 Å². The van der Waals surface area contributed by atoms with Crippen molar-refractivity contribution in [2.45, 2.75) is 12.8 Å². The van der Waals surface area contributed by atoms with Crippen molar-refractivity contribution in [3.8, 4) is 0 Å². The van der Waals surface area contributed by atoms with E-state index in [0.717, 1.165) is 12.2 Å². The van der Waals surface area contributed by atoms with Gasteiger partial charge >= 0.3 is 12.1 Å². The Hall–Kier alpha value is -1.85. The number of hydrogen-bond acceptors (Lipinski definition) is 5. The summed E-state index contributed by atoms with van der Waals surface area (Å²) in [5, 5.41) is 0. The summed E-state index contributed by atoms with van der Waals surface area (Å²) < 4.78 is 9.15. The van der Waals surface area contributed by atoms with Gasteiger partial charge in [-0.3, -0.25) is 4.79 Å². The topological polar surface area (TPSA) is 95.7 Å². The summed E-state index contributed by atoms with van der Waals surface area (Å²) in [5.41, 5.74) is 4.72. The number of nitrogens with two attached hydrogens (primary N) is 1. The fraction of sp³-hybridized carbons (Fsp3) is 0.444. The Morgan fingerprint density at radius 3 is 2.27 bits per heavy atom. The Morgan fingerprint density at radius 2 is 1.73 bits per heavy atom. The maximum Gasteiger partial charge on any atom is 0.404 e. The van der Waals surface area contributed by atoms with E-state index in [2.05, 4.69) is 4.74 Å². The van der Waals surface area contributed by atoms with Gasteiger partial charge in [0.15, 0.2) is 0 Å². The molecule has 0 fully saturated rings. The molecule has 6 heteroatoms. The molecule has 6 nitrogen and oxygen atoms in total. The molecule has 0 rings (SSSR count). The van der Waals surface area contributed by atoms with Crippen LogP contribution in [0.1, 0.15) is 12.8 Å². The van der Waals surface area contributed by atoms with Crippen molar-refractivity contribution in [2.24, 2.45) is 5.73 Å². The van der Waals surface area contributed by atoms with Gasteiger partial charge < -0.3 is 15.2 Å². The summed E-state index contributed by atoms with van der Waals surface area (Å²) in [4.78, 5) is 30.7. The average molecular weight is 215 g/mol. The van der Waals surface area contributed by atoms with E-state index in [1.165, 1.54) is 0 Å². The van der Waals surface area contributed by atoms with E-state index in [1.54, 1.807) is 0 Å². The molecule has 0 saturated heterocycles. The van der Waals surface area contributed by atoms with E-state index in [9.17, 15) is 14.4 Å². The van der Waals surface area contributed by atoms with Gasteiger partial charge in [0.1, 0.15) is 6.29 Å². The number of carbonyl (C=O) groups excluding carboxylic acids is 3. The summed E-state index contributed by atoms with van der Waals surface area (Å²) >= 11 is 0. The predicted octanol–water partition coefficient (Wildman–Crippen LogP) is 0.160. The number of rotatable bonds is 7. The zero-order valence-electron chi connectivity index (χ0n) is 8.18. The maximum atomic E-state index is 10.8. The molecule has 15 heavy (non-hydrogen) atoms. The molecule has 84 valence electrons. The Morgan fingerprint density at radius 1 is 1.13 bits per heavy atom. The van der Waals surface area contributed by atoms with Gasteiger partial charge in [-0.1, -0.05) is 0 Å². The van der Waals surface area contributed by atoms with Crippen molar-refractivity contribution in [1.82, 2.24) is 0 Å². The first kappa shape index (κ1) is 13.2. The summed E-state index contributed by atoms with van der Waals surface area (Å²) in [6, 6.07) is 0. The maximum absolute atomic E-state index is 10.8. The lowest BCUT2D eigenvalue weighted by atomic mass is 10.3. The highest BCUT2D eigenvalue weighted by atomic mass is 16.5. The number of aldehydes is 1. The first-order valence-electron chi connectivity index (χ1n) is 4.37. The number of carbonyl (C=O) groups is 3. The quantitative estimate of drug-likeness (QED) is 0.282. The second-order valence-corrected chi connectivity index (χ2v) is 2.54. The van der Waals surface area contributed by atoms with Crippen LogP contribution in [0.25, 0.3) is 0 Å². The highest BCUT2D eigenvalue weighted by Gasteiger charge is 1.97. The molecule has 0 radical (unpaired) electrons. The van der Waals surface area contributed by atoms with Gasteiger partial charge in [-0.25, -0.2) is 9.59 Å². The van der Waals surface area contributed by atoms with Gasteiger partial charge in [-0.05, 0) is 18.9 Å². The lowest BCUT2D eigenvalue weighted by Gasteiger charge is -2.02. The van der Waals surface area contributed by atoms with Gasteiger partial charge in [0.05, 0.1) is 13.2 Å². The van der Waals surface area contributed by atoms with Gasteiger partial charge in [-0.15, -0.1) is 0 Å². The minimum atomic E-state index is -0.819. The van der Waals surface area contributed by atoms with Crippen molar-refractivity contribution >= 4 is 18.3 Å². The number of esters is 1. The van der Waals surface area contributed by atoms with Gasteiger partial charge in [0.25, 0.3) is 0 Å². The molecule has 0 aliphatic rings. The molecule has 0 unspecified atom stereocenters. The predicted molar refractivity (Wildman–Crippen MR) is 50.9 cm³/mol. The number of ether oxygens (including phenoxy) is 2. The molecule has 0 atom stereocenters. The lowest BCUT2D eigenvalue weighted by Crippen LogP contribution is -2.14. The monoisotopic (exact) mass is 215 g/mol. The highest BCUT2D eigenvalue weighted by Crippen LogP contribution is 1.92. The van der Waals surface area contributed by atoms with Crippen LogP contribution in [-0.4, -0.2) is 31.6 Å². The van der Waals surface area contributed by atoms with Crippen molar-refractivity contribution in [3.63, 3.8) is 0 Å². The van der Waals surface area contributed by atoms with Crippen LogP contribution in [-0.2, 0) is 19.1 Å². The van der Waals surface area contributed by atoms with E-state index in [1.807, 2.05) is 0 Å². The second-order valence-electron chi connectivity index (χ2n) is 2.54. The molecule has 2 N–H and O–H groups in total. The summed E-state index contributed by atoms with van der Waals surface area (Å²) in [6.07, 6.45) is 2.88. The molecule has 0 heterocycles. The third kappa shape index (κ3) is 10.1. The van der Waals surface area contributed by atoms with Crippen LogP contribution < -0.4 is 5.73 Å². The number of allylic oxidation sites excluding steroid dienone is 1. The Labute approximate surface area is 87.0 Å². The lowest BCUT2D eigenvalue weighted by molar-refractivity contribution is -0.138. The van der Waals surface area contributed by atoms with Crippen LogP contribution in [0.15, 0.2) is 12.2 Å². The van der Waals surface area contributed by atoms with Crippen LogP contribution in [0, 0.1) is 0 Å². The normalized spacial score (nSPS) is 9.87. The number of hydrogen-bond donors (Lipinski definition) is 1. The fourth-order valence-corrected chi connectivity index (χ4v) is 0.716. The zero-order chi connectivity index (χ0) is 11.5. The smallest absolute Gasteiger partial charge is 0.404 e. The summed E-state index contributed by atoms with van der Waals surface area (Å²) in [5.74, 6) is -0.571. The molecule has 0 aromatic carbocycles. The number of primary amides is 1. The Kier molecular flexibility index (Phi) is 7.66. The molecule has 0 aromatic rings. The SMILES string of the molecule is NC(=O)OCCCCOC(=O)/C=C\C=O. The molecule has 0 bridgehead atoms. The molecule has 1 amide bonds. The Balaban J connectivity index is 3.31. The summed E-state index contributed by atoms with van der Waals surface area (Å²) in [7, 11) is 0. The van der Waals surface area contributed by atoms with Crippen molar-refractivity contribution in [3.05, 3.63) is 12.2 Å². The number of unbranched alkanes of at least 4 members (excludes halogenated alkanes) is 1. The van der Waals surface area contributed by atoms with Crippen molar-refractivity contribution in [2.75, 3.05) is 13.2 Å². The molecule has 0 saturated carbocycles. The van der Waals surface area contributed by atoms with Crippen LogP contribution in [0.3, 0.4) is 0 Å². The van der Waals surface area contributed by atoms with Crippen LogP contribution in [0.5, 0.6) is 0 Å². The summed E-state index contributed by atoms with van der Waals surface area (Å²) in [6.45, 7) is 0.418. The Bertz CT molecular complexity index is 249. The van der Waals surface area contributed by atoms with E-state index in [0.29, 0.717) is 19.1 Å². The largest absolute Gasteiger partial charge is 0.463 e. The first-order valence-corrected chi connectivity index (χ1v) is 4.37. The van der Waals surface area contributed by atoms with Gasteiger partial charge in [-0.2, -0.15) is 0 Å². The van der Waals surface area contributed by atoms with Crippen molar-refractivity contribution in [1.29, 1.82) is 0 Å². The van der Waals surface area contributed by atoms with E-state index in [-0.39, 0.29) is 13.2 Å². The minimum Gasteiger partial charge on any atom is -0.463 e. The third-order valence-electron chi connectivity index (χ3n) is 1.34. The molecule has 0 aromatic heterocycles.